The summed E-state index contributed by atoms with van der Waals surface area (Å²) in [5, 5.41) is 3.02. The number of likely N-dealkylation sites (N-methyl/N-ethyl adjacent to an activating group) is 1. The van der Waals surface area contributed by atoms with Crippen molar-refractivity contribution in [2.45, 2.75) is 0 Å². The molecule has 0 aromatic heterocycles. The molecule has 0 fully saturated rings. The Hall–Kier alpha value is -0.560. The summed E-state index contributed by atoms with van der Waals surface area (Å²) in [6, 6.07) is 0. The van der Waals surface area contributed by atoms with Crippen molar-refractivity contribution in [1.82, 2.24) is 5.32 Å². The van der Waals surface area contributed by atoms with Gasteiger partial charge in [-0.05, 0) is 7.05 Å². The first-order chi connectivity index (χ1) is 20.4. The maximum Gasteiger partial charge on any atom is 0.0701 e. The predicted molar refractivity (Wildman–Crippen MR) is 153 cm³/mol. The standard InChI is InChI=1S/C27H58N2O12/c1-29-3-5-31-7-9-33-11-13-35-15-17-37-19-21-39-23-25-41-27-26-40-24-22-38-20-18-36-16-14-34-12-10-32-8-6-30-4-2-28/h29H,2-28H2,1H3. The van der Waals surface area contributed by atoms with Crippen molar-refractivity contribution < 1.29 is 56.8 Å². The number of nitrogens with one attached hydrogen (secondary N) is 1. The van der Waals surface area contributed by atoms with Gasteiger partial charge in [-0.1, -0.05) is 0 Å². The molecule has 0 atom stereocenters. The fraction of sp³-hybridized carbons (Fsp3) is 1.00. The zero-order chi connectivity index (χ0) is 29.6. The van der Waals surface area contributed by atoms with E-state index in [1.165, 1.54) is 0 Å². The Kier molecular flexibility index (Phi) is 38.9. The summed E-state index contributed by atoms with van der Waals surface area (Å²) in [6.07, 6.45) is 0. The molecule has 0 rings (SSSR count). The molecule has 0 aliphatic carbocycles. The molecule has 0 aromatic carbocycles. The molecule has 0 spiro atoms. The minimum Gasteiger partial charge on any atom is -0.378 e. The Morgan fingerprint density at radius 1 is 0.293 bits per heavy atom. The minimum absolute atomic E-state index is 0.514. The molecule has 41 heavy (non-hydrogen) atoms. The first kappa shape index (κ1) is 40.4. The van der Waals surface area contributed by atoms with Crippen LogP contribution in [0.2, 0.25) is 0 Å². The van der Waals surface area contributed by atoms with E-state index in [9.17, 15) is 0 Å². The van der Waals surface area contributed by atoms with Gasteiger partial charge in [0.15, 0.2) is 0 Å². The fourth-order valence-electron chi connectivity index (χ4n) is 2.78. The average molecular weight is 603 g/mol. The molecular formula is C27H58N2O12. The van der Waals surface area contributed by atoms with Gasteiger partial charge in [-0.3, -0.25) is 0 Å². The average Bonchev–Trinajstić information content (AvgIpc) is 2.98. The summed E-state index contributed by atoms with van der Waals surface area (Å²) in [6.45, 7) is 14.3. The topological polar surface area (TPSA) is 149 Å². The van der Waals surface area contributed by atoms with E-state index in [1.807, 2.05) is 7.05 Å². The van der Waals surface area contributed by atoms with Crippen LogP contribution in [-0.2, 0) is 56.8 Å². The minimum atomic E-state index is 0.514. The van der Waals surface area contributed by atoms with Crippen LogP contribution in [0.3, 0.4) is 0 Å². The van der Waals surface area contributed by atoms with Gasteiger partial charge in [0.2, 0.25) is 0 Å². The third-order valence-corrected chi connectivity index (χ3v) is 4.85. The third-order valence-electron chi connectivity index (χ3n) is 4.85. The Bertz CT molecular complexity index is 421. The van der Waals surface area contributed by atoms with Crippen molar-refractivity contribution in [2.75, 3.05) is 179 Å². The Labute approximate surface area is 246 Å². The first-order valence-electron chi connectivity index (χ1n) is 14.7. The van der Waals surface area contributed by atoms with Crippen LogP contribution in [0.4, 0.5) is 0 Å². The highest BCUT2D eigenvalue weighted by Crippen LogP contribution is 1.87. The largest absolute Gasteiger partial charge is 0.378 e. The van der Waals surface area contributed by atoms with Gasteiger partial charge in [-0.25, -0.2) is 0 Å². The van der Waals surface area contributed by atoms with E-state index in [-0.39, 0.29) is 0 Å². The highest BCUT2D eigenvalue weighted by molar-refractivity contribution is 4.40. The van der Waals surface area contributed by atoms with Crippen molar-refractivity contribution in [3.05, 3.63) is 0 Å². The summed E-state index contributed by atoms with van der Waals surface area (Å²) in [5.41, 5.74) is 5.33. The van der Waals surface area contributed by atoms with Gasteiger partial charge in [0, 0.05) is 13.1 Å². The van der Waals surface area contributed by atoms with E-state index in [0.717, 1.165) is 6.54 Å². The van der Waals surface area contributed by atoms with Crippen LogP contribution in [0, 0.1) is 0 Å². The first-order valence-corrected chi connectivity index (χ1v) is 14.7. The van der Waals surface area contributed by atoms with Gasteiger partial charge in [-0.2, -0.15) is 0 Å². The molecule has 14 nitrogen and oxygen atoms in total. The molecule has 0 aliphatic heterocycles. The fourth-order valence-corrected chi connectivity index (χ4v) is 2.78. The van der Waals surface area contributed by atoms with E-state index < -0.39 is 0 Å². The molecule has 0 bridgehead atoms. The molecule has 14 heteroatoms. The number of rotatable bonds is 38. The maximum atomic E-state index is 5.47. The van der Waals surface area contributed by atoms with Crippen LogP contribution in [0.25, 0.3) is 0 Å². The lowest BCUT2D eigenvalue weighted by molar-refractivity contribution is -0.0282. The van der Waals surface area contributed by atoms with Gasteiger partial charge in [-0.15, -0.1) is 0 Å². The molecule has 0 aliphatic rings. The lowest BCUT2D eigenvalue weighted by Gasteiger charge is -2.09. The molecule has 3 N–H and O–H groups in total. The second-order valence-electron chi connectivity index (χ2n) is 8.24. The van der Waals surface area contributed by atoms with Gasteiger partial charge < -0.3 is 67.9 Å². The van der Waals surface area contributed by atoms with Crippen LogP contribution in [-0.4, -0.2) is 179 Å². The lowest BCUT2D eigenvalue weighted by Crippen LogP contribution is -2.17. The summed E-state index contributed by atoms with van der Waals surface area (Å²) >= 11 is 0. The summed E-state index contributed by atoms with van der Waals surface area (Å²) in [4.78, 5) is 0. The van der Waals surface area contributed by atoms with Gasteiger partial charge >= 0.3 is 0 Å². The Balaban J connectivity index is 3.02. The van der Waals surface area contributed by atoms with Gasteiger partial charge in [0.1, 0.15) is 0 Å². The van der Waals surface area contributed by atoms with Gasteiger partial charge in [0.05, 0.1) is 159 Å². The summed E-state index contributed by atoms with van der Waals surface area (Å²) in [7, 11) is 1.89. The Morgan fingerprint density at radius 3 is 0.634 bits per heavy atom. The van der Waals surface area contributed by atoms with Crippen molar-refractivity contribution >= 4 is 0 Å². The molecule has 0 heterocycles. The van der Waals surface area contributed by atoms with E-state index in [0.29, 0.717) is 165 Å². The molecular weight excluding hydrogens is 544 g/mol. The van der Waals surface area contributed by atoms with Crippen LogP contribution in [0.15, 0.2) is 0 Å². The normalized spacial score (nSPS) is 11.6. The van der Waals surface area contributed by atoms with Crippen LogP contribution in [0.1, 0.15) is 0 Å². The Morgan fingerprint density at radius 2 is 0.463 bits per heavy atom. The SMILES string of the molecule is CNCCOCCOCCOCCOCCOCCOCCOCCOCCOCCOCCOCCOCCN. The smallest absolute Gasteiger partial charge is 0.0701 e. The predicted octanol–water partition coefficient (Wildman–Crippen LogP) is -0.636. The second kappa shape index (κ2) is 39.4. The van der Waals surface area contributed by atoms with Crippen molar-refractivity contribution in [3.8, 4) is 0 Å². The summed E-state index contributed by atoms with van der Waals surface area (Å²) in [5.74, 6) is 0. The molecule has 0 radical (unpaired) electrons. The molecule has 0 amide bonds. The highest BCUT2D eigenvalue weighted by Gasteiger charge is 1.96. The van der Waals surface area contributed by atoms with E-state index in [1.54, 1.807) is 0 Å². The third kappa shape index (κ3) is 39.4. The lowest BCUT2D eigenvalue weighted by atomic mass is 10.6. The number of ether oxygens (including phenoxy) is 12. The molecule has 0 saturated heterocycles. The maximum absolute atomic E-state index is 5.47. The second-order valence-corrected chi connectivity index (χ2v) is 8.24. The van der Waals surface area contributed by atoms with Crippen molar-refractivity contribution in [3.63, 3.8) is 0 Å². The monoisotopic (exact) mass is 602 g/mol. The van der Waals surface area contributed by atoms with Crippen molar-refractivity contribution in [1.29, 1.82) is 0 Å². The van der Waals surface area contributed by atoms with E-state index in [4.69, 9.17) is 62.6 Å². The van der Waals surface area contributed by atoms with Gasteiger partial charge in [0.25, 0.3) is 0 Å². The molecule has 248 valence electrons. The van der Waals surface area contributed by atoms with E-state index >= 15 is 0 Å². The summed E-state index contributed by atoms with van der Waals surface area (Å²) < 4.78 is 64.9. The molecule has 0 saturated carbocycles. The van der Waals surface area contributed by atoms with Crippen LogP contribution >= 0.6 is 0 Å². The highest BCUT2D eigenvalue weighted by atomic mass is 16.6. The zero-order valence-corrected chi connectivity index (χ0v) is 25.4. The van der Waals surface area contributed by atoms with Crippen molar-refractivity contribution in [2.24, 2.45) is 5.73 Å². The number of hydrogen-bond donors (Lipinski definition) is 2. The van der Waals surface area contributed by atoms with Crippen LogP contribution in [0.5, 0.6) is 0 Å². The number of nitrogens with two attached hydrogens (primary N) is 1. The number of hydrogen-bond acceptors (Lipinski definition) is 14. The van der Waals surface area contributed by atoms with E-state index in [2.05, 4.69) is 5.32 Å². The quantitative estimate of drug-likeness (QED) is 0.0863. The molecule has 0 unspecified atom stereocenters. The molecule has 0 aromatic rings. The van der Waals surface area contributed by atoms with Crippen LogP contribution < -0.4 is 11.1 Å². The zero-order valence-electron chi connectivity index (χ0n) is 25.4.